The van der Waals surface area contributed by atoms with Gasteiger partial charge in [-0.15, -0.1) is 0 Å². The molecule has 0 saturated heterocycles. The van der Waals surface area contributed by atoms with Gasteiger partial charge in [0.05, 0.1) is 5.41 Å². The molecular weight excluding hydrogens is 212 g/mol. The Kier molecular flexibility index (Phi) is 2.07. The highest BCUT2D eigenvalue weighted by Crippen LogP contribution is 2.44. The van der Waals surface area contributed by atoms with Gasteiger partial charge in [-0.25, -0.2) is 0 Å². The van der Waals surface area contributed by atoms with Gasteiger partial charge >= 0.3 is 0 Å². The average Bonchev–Trinajstić information content (AvgIpc) is 2.31. The predicted molar refractivity (Wildman–Crippen MR) is 65.4 cm³/mol. The minimum Gasteiger partial charge on any atom is -0.299 e. The third-order valence-electron chi connectivity index (χ3n) is 4.47. The fraction of sp³-hybridized carbons (Fsp3) is 0.467. The van der Waals surface area contributed by atoms with Crippen molar-refractivity contribution in [3.8, 4) is 0 Å². The Morgan fingerprint density at radius 3 is 2.65 bits per heavy atom. The zero-order chi connectivity index (χ0) is 12.2. The Hall–Kier alpha value is -1.44. The van der Waals surface area contributed by atoms with Crippen molar-refractivity contribution in [3.05, 3.63) is 34.4 Å². The maximum atomic E-state index is 12.2. The molecule has 1 atom stereocenters. The van der Waals surface area contributed by atoms with E-state index in [1.165, 1.54) is 11.1 Å². The molecule has 0 saturated carbocycles. The molecule has 2 aliphatic carbocycles. The molecule has 0 bridgehead atoms. The van der Waals surface area contributed by atoms with Crippen LogP contribution in [-0.2, 0) is 16.6 Å². The number of hydrogen-bond acceptors (Lipinski definition) is 2. The molecule has 2 aliphatic rings. The van der Waals surface area contributed by atoms with E-state index in [1.807, 2.05) is 19.1 Å². The highest BCUT2D eigenvalue weighted by atomic mass is 16.1. The van der Waals surface area contributed by atoms with Crippen LogP contribution in [0.3, 0.4) is 0 Å². The molecule has 0 amide bonds. The van der Waals surface area contributed by atoms with Crippen molar-refractivity contribution in [3.63, 3.8) is 0 Å². The molecule has 3 rings (SSSR count). The van der Waals surface area contributed by atoms with Crippen molar-refractivity contribution < 1.29 is 9.59 Å². The van der Waals surface area contributed by atoms with Crippen LogP contribution in [0.2, 0.25) is 0 Å². The fourth-order valence-corrected chi connectivity index (χ4v) is 3.35. The lowest BCUT2D eigenvalue weighted by molar-refractivity contribution is -0.125. The number of Topliss-reactive ketones (excluding diaryl/α,β-unsaturated/α-hetero) is 2. The Labute approximate surface area is 101 Å². The van der Waals surface area contributed by atoms with Crippen LogP contribution in [0.15, 0.2) is 12.1 Å². The Balaban J connectivity index is 2.37. The van der Waals surface area contributed by atoms with Crippen LogP contribution in [0.25, 0.3) is 0 Å². The van der Waals surface area contributed by atoms with Gasteiger partial charge < -0.3 is 0 Å². The van der Waals surface area contributed by atoms with E-state index in [1.54, 1.807) is 0 Å². The summed E-state index contributed by atoms with van der Waals surface area (Å²) < 4.78 is 0. The van der Waals surface area contributed by atoms with Gasteiger partial charge in [-0.05, 0) is 43.4 Å². The monoisotopic (exact) mass is 228 g/mol. The van der Waals surface area contributed by atoms with E-state index in [0.717, 1.165) is 17.5 Å². The van der Waals surface area contributed by atoms with Crippen LogP contribution in [0.1, 0.15) is 53.2 Å². The minimum absolute atomic E-state index is 0.202. The number of rotatable bonds is 0. The van der Waals surface area contributed by atoms with E-state index >= 15 is 0 Å². The molecule has 2 heteroatoms. The van der Waals surface area contributed by atoms with Gasteiger partial charge in [0.15, 0.2) is 5.78 Å². The van der Waals surface area contributed by atoms with Gasteiger partial charge in [-0.1, -0.05) is 12.1 Å². The van der Waals surface area contributed by atoms with Gasteiger partial charge in [-0.2, -0.15) is 0 Å². The van der Waals surface area contributed by atoms with E-state index in [2.05, 4.69) is 6.92 Å². The van der Waals surface area contributed by atoms with E-state index in [-0.39, 0.29) is 5.78 Å². The lowest BCUT2D eigenvalue weighted by Gasteiger charge is -2.39. The zero-order valence-corrected chi connectivity index (χ0v) is 10.3. The summed E-state index contributed by atoms with van der Waals surface area (Å²) in [4.78, 5) is 24.2. The second-order valence-corrected chi connectivity index (χ2v) is 5.46. The van der Waals surface area contributed by atoms with Crippen molar-refractivity contribution >= 4 is 11.6 Å². The number of carbonyl (C=O) groups excluding carboxylic acids is 2. The van der Waals surface area contributed by atoms with Crippen LogP contribution in [0.5, 0.6) is 0 Å². The lowest BCUT2D eigenvalue weighted by atomic mass is 9.62. The molecule has 0 N–H and O–H groups in total. The third-order valence-corrected chi connectivity index (χ3v) is 4.47. The summed E-state index contributed by atoms with van der Waals surface area (Å²) in [5.41, 5.74) is 3.91. The molecule has 1 aromatic carbocycles. The standard InChI is InChI=1S/C15H16O2/c1-9-3-4-11-12(16)7-8-15(2)13(17)6-5-10(9)14(11)15/h3-4H,5-8H2,1-2H3. The van der Waals surface area contributed by atoms with E-state index in [0.29, 0.717) is 25.0 Å². The maximum Gasteiger partial charge on any atom is 0.163 e. The quantitative estimate of drug-likeness (QED) is 0.684. The first kappa shape index (κ1) is 10.7. The number of hydrogen-bond donors (Lipinski definition) is 0. The molecular formula is C15H16O2. The Morgan fingerprint density at radius 2 is 1.88 bits per heavy atom. The van der Waals surface area contributed by atoms with Crippen LogP contribution in [0.4, 0.5) is 0 Å². The normalized spacial score (nSPS) is 26.9. The SMILES string of the molecule is Cc1ccc2c3c1CCC(=O)C3(C)CCC2=O. The highest BCUT2D eigenvalue weighted by molar-refractivity contribution is 6.05. The van der Waals surface area contributed by atoms with E-state index in [4.69, 9.17) is 0 Å². The molecule has 88 valence electrons. The molecule has 0 aromatic heterocycles. The second kappa shape index (κ2) is 3.28. The van der Waals surface area contributed by atoms with Gasteiger partial charge in [0.25, 0.3) is 0 Å². The molecule has 0 heterocycles. The van der Waals surface area contributed by atoms with Crippen LogP contribution >= 0.6 is 0 Å². The first-order valence-corrected chi connectivity index (χ1v) is 6.23. The first-order chi connectivity index (χ1) is 8.04. The lowest BCUT2D eigenvalue weighted by Crippen LogP contribution is -2.42. The molecule has 1 unspecified atom stereocenters. The Morgan fingerprint density at radius 1 is 1.12 bits per heavy atom. The summed E-state index contributed by atoms with van der Waals surface area (Å²) in [7, 11) is 0. The number of ketones is 2. The highest BCUT2D eigenvalue weighted by Gasteiger charge is 2.45. The number of carbonyl (C=O) groups is 2. The summed E-state index contributed by atoms with van der Waals surface area (Å²) in [6.07, 6.45) is 2.63. The molecule has 0 spiro atoms. The van der Waals surface area contributed by atoms with Crippen LogP contribution in [0, 0.1) is 6.92 Å². The van der Waals surface area contributed by atoms with Gasteiger partial charge in [0, 0.05) is 18.4 Å². The summed E-state index contributed by atoms with van der Waals surface area (Å²) in [5, 5.41) is 0. The predicted octanol–water partition coefficient (Wildman–Crippen LogP) is 2.74. The molecule has 0 aliphatic heterocycles. The van der Waals surface area contributed by atoms with E-state index < -0.39 is 5.41 Å². The Bertz CT molecular complexity index is 542. The van der Waals surface area contributed by atoms with Crippen molar-refractivity contribution in [1.29, 1.82) is 0 Å². The topological polar surface area (TPSA) is 34.1 Å². The molecule has 17 heavy (non-hydrogen) atoms. The molecule has 2 nitrogen and oxygen atoms in total. The van der Waals surface area contributed by atoms with Gasteiger partial charge in [0.2, 0.25) is 0 Å². The number of aryl methyl sites for hydroxylation is 1. The summed E-state index contributed by atoms with van der Waals surface area (Å²) in [5.74, 6) is 0.512. The minimum atomic E-state index is -0.400. The zero-order valence-electron chi connectivity index (χ0n) is 10.3. The van der Waals surface area contributed by atoms with Gasteiger partial charge in [-0.3, -0.25) is 9.59 Å². The number of benzene rings is 1. The van der Waals surface area contributed by atoms with E-state index in [9.17, 15) is 9.59 Å². The van der Waals surface area contributed by atoms with Gasteiger partial charge in [0.1, 0.15) is 5.78 Å². The third kappa shape index (κ3) is 1.27. The summed E-state index contributed by atoms with van der Waals surface area (Å²) in [6.45, 7) is 4.09. The van der Waals surface area contributed by atoms with Crippen molar-refractivity contribution in [2.24, 2.45) is 0 Å². The molecule has 0 radical (unpaired) electrons. The maximum absolute atomic E-state index is 12.2. The molecule has 1 aromatic rings. The van der Waals surface area contributed by atoms with Crippen molar-refractivity contribution in [2.75, 3.05) is 0 Å². The molecule has 0 fully saturated rings. The average molecular weight is 228 g/mol. The second-order valence-electron chi connectivity index (χ2n) is 5.46. The first-order valence-electron chi connectivity index (χ1n) is 6.23. The van der Waals surface area contributed by atoms with Crippen LogP contribution < -0.4 is 0 Å². The van der Waals surface area contributed by atoms with Crippen molar-refractivity contribution in [2.45, 2.75) is 44.9 Å². The summed E-state index contributed by atoms with van der Waals surface area (Å²) in [6, 6.07) is 3.93. The van der Waals surface area contributed by atoms with Crippen molar-refractivity contribution in [1.82, 2.24) is 0 Å². The smallest absolute Gasteiger partial charge is 0.163 e. The largest absolute Gasteiger partial charge is 0.299 e. The van der Waals surface area contributed by atoms with Crippen LogP contribution in [-0.4, -0.2) is 11.6 Å². The summed E-state index contributed by atoms with van der Waals surface area (Å²) >= 11 is 0. The fourth-order valence-electron chi connectivity index (χ4n) is 3.35.